The van der Waals surface area contributed by atoms with E-state index in [1.807, 2.05) is 0 Å². The zero-order valence-electron chi connectivity index (χ0n) is 9.99. The summed E-state index contributed by atoms with van der Waals surface area (Å²) in [6, 6.07) is 0. The standard InChI is InChI=1S/C12H19O3P/c1-3-14-16(13,15-4-2)11-10-12-8-6-5-7-9-12/h8H,3-7,9H2,1-2H3. The predicted molar refractivity (Wildman–Crippen MR) is 65.2 cm³/mol. The molecule has 0 fully saturated rings. The molecule has 0 aromatic rings. The molecule has 0 aromatic carbocycles. The van der Waals surface area contributed by atoms with Crippen molar-refractivity contribution in [3.63, 3.8) is 0 Å². The van der Waals surface area contributed by atoms with Crippen LogP contribution in [0, 0.1) is 11.6 Å². The molecule has 0 spiro atoms. The van der Waals surface area contributed by atoms with Gasteiger partial charge in [-0.1, -0.05) is 12.0 Å². The Morgan fingerprint density at radius 1 is 1.31 bits per heavy atom. The van der Waals surface area contributed by atoms with E-state index in [2.05, 4.69) is 17.7 Å². The summed E-state index contributed by atoms with van der Waals surface area (Å²) in [6.45, 7) is 4.27. The Morgan fingerprint density at radius 2 is 2.00 bits per heavy atom. The molecule has 1 rings (SSSR count). The van der Waals surface area contributed by atoms with Gasteiger partial charge in [0.2, 0.25) is 0 Å². The third-order valence-electron chi connectivity index (χ3n) is 2.24. The Morgan fingerprint density at radius 3 is 2.50 bits per heavy atom. The summed E-state index contributed by atoms with van der Waals surface area (Å²) >= 11 is 0. The monoisotopic (exact) mass is 242 g/mol. The first kappa shape index (κ1) is 13.5. The van der Waals surface area contributed by atoms with Crippen LogP contribution >= 0.6 is 7.60 Å². The Hall–Kier alpha value is -0.550. The molecule has 0 aromatic heterocycles. The van der Waals surface area contributed by atoms with Gasteiger partial charge in [0.05, 0.1) is 13.2 Å². The van der Waals surface area contributed by atoms with E-state index in [-0.39, 0.29) is 0 Å². The van der Waals surface area contributed by atoms with Gasteiger partial charge in [0.15, 0.2) is 0 Å². The molecular formula is C12H19O3P. The van der Waals surface area contributed by atoms with E-state index in [0.29, 0.717) is 13.2 Å². The van der Waals surface area contributed by atoms with Crippen LogP contribution < -0.4 is 0 Å². The van der Waals surface area contributed by atoms with Crippen molar-refractivity contribution in [1.82, 2.24) is 0 Å². The minimum Gasteiger partial charge on any atom is -0.300 e. The molecule has 0 atom stereocenters. The van der Waals surface area contributed by atoms with Crippen molar-refractivity contribution in [1.29, 1.82) is 0 Å². The van der Waals surface area contributed by atoms with Gasteiger partial charge in [-0.3, -0.25) is 9.05 Å². The first-order chi connectivity index (χ1) is 7.70. The molecule has 0 unspecified atom stereocenters. The fourth-order valence-electron chi connectivity index (χ4n) is 1.53. The smallest absolute Gasteiger partial charge is 0.300 e. The molecule has 90 valence electrons. The Labute approximate surface area is 97.7 Å². The fraction of sp³-hybridized carbons (Fsp3) is 0.667. The van der Waals surface area contributed by atoms with E-state index >= 15 is 0 Å². The van der Waals surface area contributed by atoms with Crippen LogP contribution in [0.2, 0.25) is 0 Å². The molecule has 0 saturated carbocycles. The maximum Gasteiger partial charge on any atom is 0.405 e. The van der Waals surface area contributed by atoms with E-state index in [9.17, 15) is 4.57 Å². The second kappa shape index (κ2) is 6.91. The molecule has 0 radical (unpaired) electrons. The van der Waals surface area contributed by atoms with Crippen molar-refractivity contribution < 1.29 is 13.6 Å². The van der Waals surface area contributed by atoms with Gasteiger partial charge in [-0.25, -0.2) is 4.57 Å². The Kier molecular flexibility index (Phi) is 5.84. The predicted octanol–water partition coefficient (Wildman–Crippen LogP) is 3.71. The average molecular weight is 242 g/mol. The van der Waals surface area contributed by atoms with Crippen LogP contribution in [0.4, 0.5) is 0 Å². The van der Waals surface area contributed by atoms with Gasteiger partial charge in [-0.05, 0) is 45.1 Å². The van der Waals surface area contributed by atoms with Crippen LogP contribution in [0.25, 0.3) is 0 Å². The van der Waals surface area contributed by atoms with Crippen molar-refractivity contribution >= 4 is 7.60 Å². The minimum atomic E-state index is -3.19. The summed E-state index contributed by atoms with van der Waals surface area (Å²) in [5.74, 6) is 2.93. The van der Waals surface area contributed by atoms with Crippen molar-refractivity contribution in [3.8, 4) is 11.6 Å². The number of rotatable bonds is 4. The molecule has 1 aliphatic carbocycles. The molecule has 0 aliphatic heterocycles. The van der Waals surface area contributed by atoms with Crippen LogP contribution in [0.1, 0.15) is 39.5 Å². The molecule has 0 bridgehead atoms. The lowest BCUT2D eigenvalue weighted by molar-refractivity contribution is 0.230. The van der Waals surface area contributed by atoms with Gasteiger partial charge in [-0.15, -0.1) is 0 Å². The summed E-state index contributed by atoms with van der Waals surface area (Å²) < 4.78 is 22.2. The number of hydrogen-bond acceptors (Lipinski definition) is 3. The summed E-state index contributed by atoms with van der Waals surface area (Å²) in [4.78, 5) is 0. The lowest BCUT2D eigenvalue weighted by Crippen LogP contribution is -1.94. The second-order valence-corrected chi connectivity index (χ2v) is 5.28. The van der Waals surface area contributed by atoms with E-state index in [4.69, 9.17) is 9.05 Å². The van der Waals surface area contributed by atoms with E-state index in [1.165, 1.54) is 6.42 Å². The van der Waals surface area contributed by atoms with Gasteiger partial charge in [0.25, 0.3) is 0 Å². The molecule has 4 heteroatoms. The van der Waals surface area contributed by atoms with Crippen LogP contribution in [0.15, 0.2) is 11.6 Å². The molecule has 0 amide bonds. The average Bonchev–Trinajstić information content (AvgIpc) is 2.29. The van der Waals surface area contributed by atoms with Crippen molar-refractivity contribution in [3.05, 3.63) is 11.6 Å². The quantitative estimate of drug-likeness (QED) is 0.556. The van der Waals surface area contributed by atoms with Gasteiger partial charge < -0.3 is 0 Å². The highest BCUT2D eigenvalue weighted by Crippen LogP contribution is 2.46. The summed E-state index contributed by atoms with van der Waals surface area (Å²) in [5, 5.41) is 0. The van der Waals surface area contributed by atoms with E-state index < -0.39 is 7.60 Å². The summed E-state index contributed by atoms with van der Waals surface area (Å²) in [6.07, 6.45) is 6.54. The van der Waals surface area contributed by atoms with Crippen LogP contribution in [0.3, 0.4) is 0 Å². The van der Waals surface area contributed by atoms with Gasteiger partial charge in [-0.2, -0.15) is 0 Å². The SMILES string of the molecule is CCOP(=O)(C#CC1=CCCCC1)OCC. The topological polar surface area (TPSA) is 35.5 Å². The fourth-order valence-corrected chi connectivity index (χ4v) is 2.70. The summed E-state index contributed by atoms with van der Waals surface area (Å²) in [5.41, 5.74) is 3.72. The zero-order valence-corrected chi connectivity index (χ0v) is 10.9. The Balaban J connectivity index is 2.70. The number of hydrogen-bond donors (Lipinski definition) is 0. The normalized spacial score (nSPS) is 16.2. The molecule has 16 heavy (non-hydrogen) atoms. The highest BCUT2D eigenvalue weighted by Gasteiger charge is 2.19. The van der Waals surface area contributed by atoms with Crippen LogP contribution in [-0.4, -0.2) is 13.2 Å². The van der Waals surface area contributed by atoms with Crippen molar-refractivity contribution in [2.75, 3.05) is 13.2 Å². The van der Waals surface area contributed by atoms with Gasteiger partial charge in [0.1, 0.15) is 0 Å². The zero-order chi connectivity index (χ0) is 11.9. The summed E-state index contributed by atoms with van der Waals surface area (Å²) in [7, 11) is -3.19. The maximum absolute atomic E-state index is 12.0. The maximum atomic E-state index is 12.0. The van der Waals surface area contributed by atoms with Gasteiger partial charge in [0, 0.05) is 5.66 Å². The first-order valence-corrected chi connectivity index (χ1v) is 7.36. The highest BCUT2D eigenvalue weighted by atomic mass is 31.2. The molecular weight excluding hydrogens is 223 g/mol. The second-order valence-electron chi connectivity index (χ2n) is 3.54. The van der Waals surface area contributed by atoms with Crippen molar-refractivity contribution in [2.45, 2.75) is 39.5 Å². The molecule has 3 nitrogen and oxygen atoms in total. The van der Waals surface area contributed by atoms with Crippen molar-refractivity contribution in [2.24, 2.45) is 0 Å². The van der Waals surface area contributed by atoms with Gasteiger partial charge >= 0.3 is 7.60 Å². The molecule has 1 aliphatic rings. The highest BCUT2D eigenvalue weighted by molar-refractivity contribution is 7.59. The molecule has 0 saturated heterocycles. The van der Waals surface area contributed by atoms with E-state index in [1.54, 1.807) is 13.8 Å². The third-order valence-corrected chi connectivity index (χ3v) is 3.82. The molecule has 0 N–H and O–H groups in total. The Bertz CT molecular complexity index is 339. The van der Waals surface area contributed by atoms with Crippen LogP contribution in [-0.2, 0) is 13.6 Å². The first-order valence-electron chi connectivity index (χ1n) is 5.81. The lowest BCUT2D eigenvalue weighted by atomic mass is 10.0. The van der Waals surface area contributed by atoms with Crippen LogP contribution in [0.5, 0.6) is 0 Å². The van der Waals surface area contributed by atoms with E-state index in [0.717, 1.165) is 24.8 Å². The minimum absolute atomic E-state index is 0.352. The lowest BCUT2D eigenvalue weighted by Gasteiger charge is -2.10. The number of allylic oxidation sites excluding steroid dienone is 2. The largest absolute Gasteiger partial charge is 0.405 e. The third kappa shape index (κ3) is 4.53. The molecule has 0 heterocycles.